The number of imidazole rings is 1. The molecule has 0 aliphatic rings. The van der Waals surface area contributed by atoms with Gasteiger partial charge in [-0.2, -0.15) is 0 Å². The lowest BCUT2D eigenvalue weighted by Gasteiger charge is -2.19. The molecule has 0 fully saturated rings. The number of amides is 2. The van der Waals surface area contributed by atoms with Gasteiger partial charge in [-0.3, -0.25) is 14.0 Å². The van der Waals surface area contributed by atoms with Gasteiger partial charge in [0.05, 0.1) is 5.52 Å². The number of carbonyl (C=O) groups excluding carboxylic acids is 2. The maximum atomic E-state index is 12.9. The highest BCUT2D eigenvalue weighted by Gasteiger charge is 2.24. The van der Waals surface area contributed by atoms with Gasteiger partial charge in [-0.05, 0) is 56.0 Å². The fourth-order valence-electron chi connectivity index (χ4n) is 3.01. The van der Waals surface area contributed by atoms with Gasteiger partial charge < -0.3 is 10.6 Å². The number of nitrogens with one attached hydrogen (secondary N) is 2. The predicted molar refractivity (Wildman–Crippen MR) is 116 cm³/mol. The molecule has 0 radical (unpaired) electrons. The van der Waals surface area contributed by atoms with Crippen LogP contribution >= 0.6 is 0 Å². The summed E-state index contributed by atoms with van der Waals surface area (Å²) in [5.74, 6) is -0.515. The van der Waals surface area contributed by atoms with Crippen molar-refractivity contribution in [2.45, 2.75) is 52.5 Å². The van der Waals surface area contributed by atoms with Crippen molar-refractivity contribution in [3.63, 3.8) is 0 Å². The third kappa shape index (κ3) is 4.65. The van der Waals surface area contributed by atoms with Crippen LogP contribution in [0, 0.1) is 0 Å². The van der Waals surface area contributed by atoms with Crippen molar-refractivity contribution in [3.05, 3.63) is 65.7 Å². The van der Waals surface area contributed by atoms with E-state index in [1.165, 1.54) is 5.56 Å². The van der Waals surface area contributed by atoms with Gasteiger partial charge in [0.2, 0.25) is 5.82 Å². The molecule has 0 saturated carbocycles. The van der Waals surface area contributed by atoms with Gasteiger partial charge in [0, 0.05) is 17.4 Å². The molecular formula is C23H28N4O2. The molecule has 0 bridgehead atoms. The van der Waals surface area contributed by atoms with Crippen LogP contribution in [0.2, 0.25) is 0 Å². The molecule has 29 heavy (non-hydrogen) atoms. The van der Waals surface area contributed by atoms with Crippen LogP contribution in [0.15, 0.2) is 48.7 Å². The molecule has 2 amide bonds. The maximum Gasteiger partial charge on any atom is 0.292 e. The molecular weight excluding hydrogens is 364 g/mol. The highest BCUT2D eigenvalue weighted by molar-refractivity contribution is 6.06. The van der Waals surface area contributed by atoms with Crippen molar-refractivity contribution in [1.29, 1.82) is 0 Å². The standard InChI is InChI=1S/C23H28N4O2/c1-22(2,3)15-10-12-16(13-11-15)24-21(29)19-25-18(20(28)26-23(4,5)6)17-9-7-8-14-27(17)19/h7-14H,1-6H3,(H,24,29)(H,26,28). The maximum absolute atomic E-state index is 12.9. The van der Waals surface area contributed by atoms with E-state index in [-0.39, 0.29) is 28.7 Å². The zero-order chi connectivity index (χ0) is 21.4. The minimum atomic E-state index is -0.404. The fourth-order valence-corrected chi connectivity index (χ4v) is 3.01. The number of fused-ring (bicyclic) bond motifs is 1. The van der Waals surface area contributed by atoms with E-state index in [1.807, 2.05) is 51.1 Å². The Morgan fingerprint density at radius 3 is 2.14 bits per heavy atom. The number of hydrogen-bond acceptors (Lipinski definition) is 3. The summed E-state index contributed by atoms with van der Waals surface area (Å²) in [4.78, 5) is 30.0. The zero-order valence-electron chi connectivity index (χ0n) is 17.8. The Hall–Kier alpha value is -3.15. The van der Waals surface area contributed by atoms with Crippen molar-refractivity contribution in [2.75, 3.05) is 5.32 Å². The Morgan fingerprint density at radius 1 is 0.897 bits per heavy atom. The molecule has 0 unspecified atom stereocenters. The molecule has 0 spiro atoms. The highest BCUT2D eigenvalue weighted by Crippen LogP contribution is 2.24. The molecule has 2 heterocycles. The summed E-state index contributed by atoms with van der Waals surface area (Å²) in [6.45, 7) is 12.1. The Morgan fingerprint density at radius 2 is 1.55 bits per heavy atom. The topological polar surface area (TPSA) is 75.5 Å². The first-order chi connectivity index (χ1) is 13.5. The van der Waals surface area contributed by atoms with Crippen molar-refractivity contribution in [2.24, 2.45) is 0 Å². The van der Waals surface area contributed by atoms with Crippen molar-refractivity contribution >= 4 is 23.0 Å². The summed E-state index contributed by atoms with van der Waals surface area (Å²) in [5.41, 5.74) is 2.31. The van der Waals surface area contributed by atoms with E-state index < -0.39 is 5.54 Å². The second-order valence-corrected chi connectivity index (χ2v) is 9.23. The van der Waals surface area contributed by atoms with E-state index >= 15 is 0 Å². The van der Waals surface area contributed by atoms with Crippen LogP contribution in [-0.2, 0) is 5.41 Å². The molecule has 0 saturated heterocycles. The number of hydrogen-bond donors (Lipinski definition) is 2. The molecule has 2 N–H and O–H groups in total. The fraction of sp³-hybridized carbons (Fsp3) is 0.348. The van der Waals surface area contributed by atoms with Crippen LogP contribution in [0.3, 0.4) is 0 Å². The number of nitrogens with zero attached hydrogens (tertiary/aromatic N) is 2. The third-order valence-electron chi connectivity index (χ3n) is 4.46. The number of pyridine rings is 1. The second-order valence-electron chi connectivity index (χ2n) is 9.23. The monoisotopic (exact) mass is 392 g/mol. The highest BCUT2D eigenvalue weighted by atomic mass is 16.2. The first kappa shape index (κ1) is 20.6. The second kappa shape index (κ2) is 7.35. The van der Waals surface area contributed by atoms with Gasteiger partial charge in [-0.15, -0.1) is 0 Å². The summed E-state index contributed by atoms with van der Waals surface area (Å²) < 4.78 is 1.64. The molecule has 0 aliphatic carbocycles. The van der Waals surface area contributed by atoms with Gasteiger partial charge >= 0.3 is 0 Å². The lowest BCUT2D eigenvalue weighted by molar-refractivity contribution is 0.0916. The Kier molecular flexibility index (Phi) is 5.22. The summed E-state index contributed by atoms with van der Waals surface area (Å²) in [7, 11) is 0. The summed E-state index contributed by atoms with van der Waals surface area (Å²) in [5, 5.41) is 5.78. The van der Waals surface area contributed by atoms with Gasteiger partial charge in [-0.25, -0.2) is 4.98 Å². The summed E-state index contributed by atoms with van der Waals surface area (Å²) in [6, 6.07) is 13.2. The van der Waals surface area contributed by atoms with Gasteiger partial charge in [-0.1, -0.05) is 39.0 Å². The smallest absolute Gasteiger partial charge is 0.292 e. The van der Waals surface area contributed by atoms with Crippen molar-refractivity contribution < 1.29 is 9.59 Å². The quantitative estimate of drug-likeness (QED) is 0.693. The number of anilines is 1. The first-order valence-corrected chi connectivity index (χ1v) is 9.67. The van der Waals surface area contributed by atoms with E-state index in [4.69, 9.17) is 0 Å². The molecule has 152 valence electrons. The average Bonchev–Trinajstić information content (AvgIpc) is 3.00. The molecule has 6 heteroatoms. The minimum Gasteiger partial charge on any atom is -0.346 e. The first-order valence-electron chi connectivity index (χ1n) is 9.67. The van der Waals surface area contributed by atoms with E-state index in [1.54, 1.807) is 22.7 Å². The predicted octanol–water partition coefficient (Wildman–Crippen LogP) is 4.41. The summed E-state index contributed by atoms with van der Waals surface area (Å²) in [6.07, 6.45) is 1.73. The normalized spacial score (nSPS) is 12.1. The third-order valence-corrected chi connectivity index (χ3v) is 4.46. The average molecular weight is 393 g/mol. The zero-order valence-corrected chi connectivity index (χ0v) is 17.8. The van der Waals surface area contributed by atoms with E-state index in [0.29, 0.717) is 11.2 Å². The van der Waals surface area contributed by atoms with Crippen molar-refractivity contribution in [1.82, 2.24) is 14.7 Å². The number of rotatable bonds is 3. The minimum absolute atomic E-state index is 0.0388. The van der Waals surface area contributed by atoms with Crippen LogP contribution in [0.1, 0.15) is 68.2 Å². The lowest BCUT2D eigenvalue weighted by Crippen LogP contribution is -2.40. The molecule has 0 atom stereocenters. The van der Waals surface area contributed by atoms with Crippen LogP contribution in [0.4, 0.5) is 5.69 Å². The van der Waals surface area contributed by atoms with Crippen LogP contribution in [0.5, 0.6) is 0 Å². The van der Waals surface area contributed by atoms with E-state index in [2.05, 4.69) is 36.4 Å². The Balaban J connectivity index is 1.91. The number of aromatic nitrogens is 2. The number of benzene rings is 1. The summed E-state index contributed by atoms with van der Waals surface area (Å²) >= 11 is 0. The lowest BCUT2D eigenvalue weighted by atomic mass is 9.87. The van der Waals surface area contributed by atoms with Crippen LogP contribution in [-0.4, -0.2) is 26.7 Å². The van der Waals surface area contributed by atoms with E-state index in [9.17, 15) is 9.59 Å². The molecule has 3 aromatic rings. The Labute approximate surface area is 171 Å². The van der Waals surface area contributed by atoms with E-state index in [0.717, 1.165) is 0 Å². The molecule has 2 aromatic heterocycles. The number of carbonyl (C=O) groups is 2. The SMILES string of the molecule is CC(C)(C)NC(=O)c1nc(C(=O)Nc2ccc(C(C)(C)C)cc2)n2ccccc12. The molecule has 3 rings (SSSR count). The largest absolute Gasteiger partial charge is 0.346 e. The van der Waals surface area contributed by atoms with Crippen LogP contribution < -0.4 is 10.6 Å². The molecule has 1 aromatic carbocycles. The molecule has 0 aliphatic heterocycles. The van der Waals surface area contributed by atoms with Gasteiger partial charge in [0.15, 0.2) is 5.69 Å². The molecule has 6 nitrogen and oxygen atoms in total. The van der Waals surface area contributed by atoms with Crippen LogP contribution in [0.25, 0.3) is 5.52 Å². The Bertz CT molecular complexity index is 1050. The van der Waals surface area contributed by atoms with Gasteiger partial charge in [0.25, 0.3) is 11.8 Å². The van der Waals surface area contributed by atoms with Gasteiger partial charge in [0.1, 0.15) is 0 Å². The van der Waals surface area contributed by atoms with Crippen molar-refractivity contribution in [3.8, 4) is 0 Å².